The lowest BCUT2D eigenvalue weighted by atomic mass is 10.2. The minimum absolute atomic E-state index is 0.453. The maximum absolute atomic E-state index is 5.96. The maximum atomic E-state index is 5.96. The van der Waals surface area contributed by atoms with Crippen LogP contribution >= 0.6 is 11.6 Å². The number of halogens is 1. The SMILES string of the molecule is C=C(OCC)c1nc(Cl)cc2ccn(C)c12. The first kappa shape index (κ1) is 11.0. The molecule has 0 atom stereocenters. The van der Waals surface area contributed by atoms with Crippen molar-refractivity contribution in [1.82, 2.24) is 9.55 Å². The van der Waals surface area contributed by atoms with Crippen LogP contribution in [0.15, 0.2) is 24.9 Å². The molecule has 0 aliphatic carbocycles. The monoisotopic (exact) mass is 236 g/mol. The van der Waals surface area contributed by atoms with E-state index in [1.165, 1.54) is 0 Å². The Labute approximate surface area is 99.3 Å². The van der Waals surface area contributed by atoms with Crippen molar-refractivity contribution < 1.29 is 4.74 Å². The molecule has 4 heteroatoms. The van der Waals surface area contributed by atoms with Crippen molar-refractivity contribution in [3.8, 4) is 0 Å². The van der Waals surface area contributed by atoms with Gasteiger partial charge in [0.25, 0.3) is 0 Å². The number of hydrogen-bond donors (Lipinski definition) is 0. The Hall–Kier alpha value is -1.48. The molecular formula is C12H13ClN2O. The summed E-state index contributed by atoms with van der Waals surface area (Å²) in [4.78, 5) is 4.27. The molecule has 0 radical (unpaired) electrons. The second-order valence-corrected chi connectivity index (χ2v) is 3.90. The largest absolute Gasteiger partial charge is 0.492 e. The molecule has 0 saturated carbocycles. The van der Waals surface area contributed by atoms with Crippen LogP contribution < -0.4 is 0 Å². The topological polar surface area (TPSA) is 27.1 Å². The number of pyridine rings is 1. The smallest absolute Gasteiger partial charge is 0.139 e. The summed E-state index contributed by atoms with van der Waals surface area (Å²) in [6, 6.07) is 3.82. The second-order valence-electron chi connectivity index (χ2n) is 3.51. The lowest BCUT2D eigenvalue weighted by Crippen LogP contribution is -1.98. The van der Waals surface area contributed by atoms with Gasteiger partial charge in [-0.05, 0) is 19.1 Å². The summed E-state index contributed by atoms with van der Waals surface area (Å²) in [6.45, 7) is 6.35. The second kappa shape index (κ2) is 4.18. The van der Waals surface area contributed by atoms with Gasteiger partial charge in [-0.2, -0.15) is 0 Å². The van der Waals surface area contributed by atoms with Crippen LogP contribution in [0.25, 0.3) is 16.7 Å². The van der Waals surface area contributed by atoms with Crippen molar-refractivity contribution in [1.29, 1.82) is 0 Å². The quantitative estimate of drug-likeness (QED) is 0.604. The molecule has 0 bridgehead atoms. The van der Waals surface area contributed by atoms with E-state index >= 15 is 0 Å². The van der Waals surface area contributed by atoms with Gasteiger partial charge in [0.2, 0.25) is 0 Å². The molecular weight excluding hydrogens is 224 g/mol. The van der Waals surface area contributed by atoms with Gasteiger partial charge < -0.3 is 9.30 Å². The predicted molar refractivity (Wildman–Crippen MR) is 66.4 cm³/mol. The lowest BCUT2D eigenvalue weighted by Gasteiger charge is -2.09. The van der Waals surface area contributed by atoms with E-state index in [0.29, 0.717) is 23.2 Å². The molecule has 2 rings (SSSR count). The number of rotatable bonds is 3. The summed E-state index contributed by atoms with van der Waals surface area (Å²) >= 11 is 5.96. The molecule has 0 spiro atoms. The summed E-state index contributed by atoms with van der Waals surface area (Å²) in [5.74, 6) is 0.553. The Bertz CT molecular complexity index is 545. The van der Waals surface area contributed by atoms with Crippen LogP contribution in [0, 0.1) is 0 Å². The van der Waals surface area contributed by atoms with Gasteiger partial charge in [-0.15, -0.1) is 0 Å². The Morgan fingerprint density at radius 3 is 3.06 bits per heavy atom. The van der Waals surface area contributed by atoms with Gasteiger partial charge >= 0.3 is 0 Å². The van der Waals surface area contributed by atoms with E-state index < -0.39 is 0 Å². The van der Waals surface area contributed by atoms with Gasteiger partial charge in [-0.25, -0.2) is 4.98 Å². The molecule has 84 valence electrons. The van der Waals surface area contributed by atoms with Crippen molar-refractivity contribution in [2.45, 2.75) is 6.92 Å². The first-order valence-electron chi connectivity index (χ1n) is 5.07. The van der Waals surface area contributed by atoms with Gasteiger partial charge in [-0.1, -0.05) is 18.2 Å². The number of aromatic nitrogens is 2. The number of fused-ring (bicyclic) bond motifs is 1. The highest BCUT2D eigenvalue weighted by molar-refractivity contribution is 6.30. The maximum Gasteiger partial charge on any atom is 0.139 e. The summed E-state index contributed by atoms with van der Waals surface area (Å²) in [6.07, 6.45) is 1.96. The van der Waals surface area contributed by atoms with Crippen LogP contribution in [-0.4, -0.2) is 16.2 Å². The highest BCUT2D eigenvalue weighted by Gasteiger charge is 2.12. The van der Waals surface area contributed by atoms with Gasteiger partial charge in [0.1, 0.15) is 16.6 Å². The first-order valence-corrected chi connectivity index (χ1v) is 5.45. The zero-order valence-electron chi connectivity index (χ0n) is 9.33. The van der Waals surface area contributed by atoms with E-state index in [1.807, 2.05) is 36.9 Å². The van der Waals surface area contributed by atoms with Crippen LogP contribution in [0.5, 0.6) is 0 Å². The molecule has 0 unspecified atom stereocenters. The molecule has 0 aliphatic rings. The summed E-state index contributed by atoms with van der Waals surface area (Å²) < 4.78 is 7.37. The highest BCUT2D eigenvalue weighted by Crippen LogP contribution is 2.26. The average molecular weight is 237 g/mol. The van der Waals surface area contributed by atoms with Crippen LogP contribution in [0.4, 0.5) is 0 Å². The number of hydrogen-bond acceptors (Lipinski definition) is 2. The van der Waals surface area contributed by atoms with Gasteiger partial charge in [0.05, 0.1) is 12.1 Å². The number of aryl methyl sites for hydroxylation is 1. The van der Waals surface area contributed by atoms with Crippen LogP contribution in [0.2, 0.25) is 5.15 Å². The molecule has 2 aromatic heterocycles. The average Bonchev–Trinajstić information content (AvgIpc) is 2.59. The molecule has 0 aromatic carbocycles. The fourth-order valence-electron chi connectivity index (χ4n) is 1.73. The van der Waals surface area contributed by atoms with Crippen molar-refractivity contribution in [3.05, 3.63) is 35.8 Å². The van der Waals surface area contributed by atoms with E-state index in [2.05, 4.69) is 11.6 Å². The molecule has 16 heavy (non-hydrogen) atoms. The van der Waals surface area contributed by atoms with Gasteiger partial charge in [-0.3, -0.25) is 0 Å². The molecule has 0 saturated heterocycles. The Morgan fingerprint density at radius 2 is 2.38 bits per heavy atom. The van der Waals surface area contributed by atoms with Crippen molar-refractivity contribution in [2.75, 3.05) is 6.61 Å². The zero-order chi connectivity index (χ0) is 11.7. The van der Waals surface area contributed by atoms with Crippen molar-refractivity contribution >= 4 is 28.3 Å². The first-order chi connectivity index (χ1) is 7.63. The number of nitrogens with zero attached hydrogens (tertiary/aromatic N) is 2. The molecule has 0 N–H and O–H groups in total. The molecule has 0 amide bonds. The number of ether oxygens (including phenoxy) is 1. The fourth-order valence-corrected chi connectivity index (χ4v) is 1.93. The zero-order valence-corrected chi connectivity index (χ0v) is 10.1. The molecule has 3 nitrogen and oxygen atoms in total. The molecule has 2 aromatic rings. The Morgan fingerprint density at radius 1 is 1.62 bits per heavy atom. The normalized spacial score (nSPS) is 10.7. The summed E-state index contributed by atoms with van der Waals surface area (Å²) in [7, 11) is 1.96. The van der Waals surface area contributed by atoms with E-state index in [0.717, 1.165) is 10.9 Å². The van der Waals surface area contributed by atoms with E-state index in [9.17, 15) is 0 Å². The van der Waals surface area contributed by atoms with Crippen molar-refractivity contribution in [2.24, 2.45) is 7.05 Å². The van der Waals surface area contributed by atoms with Crippen molar-refractivity contribution in [3.63, 3.8) is 0 Å². The minimum atomic E-state index is 0.453. The third-order valence-electron chi connectivity index (χ3n) is 2.40. The Kier molecular flexibility index (Phi) is 2.88. The van der Waals surface area contributed by atoms with E-state index in [1.54, 1.807) is 0 Å². The van der Waals surface area contributed by atoms with E-state index in [4.69, 9.17) is 16.3 Å². The molecule has 2 heterocycles. The molecule has 0 fully saturated rings. The minimum Gasteiger partial charge on any atom is -0.492 e. The fraction of sp³-hybridized carbons (Fsp3) is 0.250. The highest BCUT2D eigenvalue weighted by atomic mass is 35.5. The third-order valence-corrected chi connectivity index (χ3v) is 2.60. The Balaban J connectivity index is 2.66. The summed E-state index contributed by atoms with van der Waals surface area (Å²) in [5.41, 5.74) is 1.69. The van der Waals surface area contributed by atoms with E-state index in [-0.39, 0.29) is 0 Å². The standard InChI is InChI=1S/C12H13ClN2O/c1-4-16-8(2)11-12-9(5-6-15(12)3)7-10(13)14-11/h5-7H,2,4H2,1,3H3. The van der Waals surface area contributed by atoms with Crippen LogP contribution in [-0.2, 0) is 11.8 Å². The third kappa shape index (κ3) is 1.78. The predicted octanol–water partition coefficient (Wildman–Crippen LogP) is 3.23. The van der Waals surface area contributed by atoms with Crippen LogP contribution in [0.1, 0.15) is 12.6 Å². The van der Waals surface area contributed by atoms with Gasteiger partial charge in [0, 0.05) is 18.6 Å². The molecule has 0 aliphatic heterocycles. The summed E-state index contributed by atoms with van der Waals surface area (Å²) in [5, 5.41) is 1.49. The van der Waals surface area contributed by atoms with Gasteiger partial charge in [0.15, 0.2) is 0 Å². The van der Waals surface area contributed by atoms with Crippen LogP contribution in [0.3, 0.4) is 0 Å². The lowest BCUT2D eigenvalue weighted by molar-refractivity contribution is 0.298.